The number of hydrogen-bond donors (Lipinski definition) is 1. The van der Waals surface area contributed by atoms with Gasteiger partial charge in [-0.2, -0.15) is 5.10 Å². The van der Waals surface area contributed by atoms with Gasteiger partial charge >= 0.3 is 0 Å². The highest BCUT2D eigenvalue weighted by molar-refractivity contribution is 4.83. The van der Waals surface area contributed by atoms with Crippen LogP contribution in [0.1, 0.15) is 39.4 Å². The molecule has 0 aromatic carbocycles. The van der Waals surface area contributed by atoms with Gasteiger partial charge in [0.1, 0.15) is 12.2 Å². The maximum Gasteiger partial charge on any atom is 0.140 e. The second-order valence-corrected chi connectivity index (χ2v) is 4.22. The van der Waals surface area contributed by atoms with Gasteiger partial charge in [0.25, 0.3) is 0 Å². The Hall–Kier alpha value is -0.900. The molecule has 1 rings (SSSR count). The van der Waals surface area contributed by atoms with E-state index in [4.69, 9.17) is 0 Å². The molecule has 0 saturated heterocycles. The van der Waals surface area contributed by atoms with Crippen LogP contribution in [0.2, 0.25) is 0 Å². The van der Waals surface area contributed by atoms with Crippen LogP contribution >= 0.6 is 0 Å². The van der Waals surface area contributed by atoms with E-state index < -0.39 is 0 Å². The summed E-state index contributed by atoms with van der Waals surface area (Å²) in [5.41, 5.74) is 0. The molecule has 0 spiro atoms. The lowest BCUT2D eigenvalue weighted by Gasteiger charge is -2.07. The number of aromatic nitrogens is 3. The molecular formula is C11H22N4. The predicted octanol–water partition coefficient (Wildman–Crippen LogP) is 1.82. The van der Waals surface area contributed by atoms with Crippen molar-refractivity contribution >= 4 is 0 Å². The molecule has 0 saturated carbocycles. The van der Waals surface area contributed by atoms with Gasteiger partial charge in [0.05, 0.1) is 6.54 Å². The molecule has 1 aromatic heterocycles. The average Bonchev–Trinajstić information content (AvgIpc) is 2.62. The Morgan fingerprint density at radius 1 is 1.47 bits per heavy atom. The van der Waals surface area contributed by atoms with E-state index in [1.54, 1.807) is 6.33 Å². The first-order valence-corrected chi connectivity index (χ1v) is 5.81. The van der Waals surface area contributed by atoms with Crippen molar-refractivity contribution < 1.29 is 0 Å². The van der Waals surface area contributed by atoms with E-state index in [0.717, 1.165) is 31.4 Å². The summed E-state index contributed by atoms with van der Waals surface area (Å²) in [6.07, 6.45) is 4.07. The molecular weight excluding hydrogens is 188 g/mol. The van der Waals surface area contributed by atoms with E-state index in [-0.39, 0.29) is 0 Å². The molecule has 15 heavy (non-hydrogen) atoms. The van der Waals surface area contributed by atoms with Gasteiger partial charge in [0.15, 0.2) is 0 Å². The molecule has 4 nitrogen and oxygen atoms in total. The van der Waals surface area contributed by atoms with Crippen molar-refractivity contribution in [3.05, 3.63) is 12.2 Å². The number of aryl methyl sites for hydroxylation is 1. The first-order chi connectivity index (χ1) is 7.24. The van der Waals surface area contributed by atoms with E-state index in [9.17, 15) is 0 Å². The fourth-order valence-corrected chi connectivity index (χ4v) is 1.50. The van der Waals surface area contributed by atoms with Gasteiger partial charge in [-0.1, -0.05) is 20.8 Å². The lowest BCUT2D eigenvalue weighted by atomic mass is 10.1. The highest BCUT2D eigenvalue weighted by atomic mass is 15.3. The number of nitrogens with one attached hydrogen (secondary N) is 1. The average molecular weight is 210 g/mol. The Kier molecular flexibility index (Phi) is 5.32. The van der Waals surface area contributed by atoms with Crippen molar-refractivity contribution in [2.24, 2.45) is 5.92 Å². The topological polar surface area (TPSA) is 42.7 Å². The van der Waals surface area contributed by atoms with Crippen molar-refractivity contribution in [1.82, 2.24) is 20.1 Å². The van der Waals surface area contributed by atoms with Gasteiger partial charge in [0, 0.05) is 6.54 Å². The number of rotatable bonds is 7. The molecule has 4 heteroatoms. The lowest BCUT2D eigenvalue weighted by Crippen LogP contribution is -2.17. The molecule has 0 amide bonds. The molecule has 0 radical (unpaired) electrons. The molecule has 1 N–H and O–H groups in total. The molecule has 0 aliphatic rings. The van der Waals surface area contributed by atoms with Crippen LogP contribution in [0, 0.1) is 5.92 Å². The van der Waals surface area contributed by atoms with Crippen molar-refractivity contribution in [3.63, 3.8) is 0 Å². The zero-order chi connectivity index (χ0) is 11.1. The van der Waals surface area contributed by atoms with Crippen molar-refractivity contribution in [3.8, 4) is 0 Å². The quantitative estimate of drug-likeness (QED) is 0.746. The second-order valence-electron chi connectivity index (χ2n) is 4.22. The standard InChI is InChI=1S/C11H22N4/c1-4-12-8-11-13-9-14-15(11)7-5-6-10(2)3/h9-10,12H,4-8H2,1-3H3. The highest BCUT2D eigenvalue weighted by Gasteiger charge is 2.03. The first-order valence-electron chi connectivity index (χ1n) is 5.81. The third kappa shape index (κ3) is 4.42. The minimum absolute atomic E-state index is 0.769. The van der Waals surface area contributed by atoms with Gasteiger partial charge in [-0.25, -0.2) is 9.67 Å². The third-order valence-corrected chi connectivity index (χ3v) is 2.38. The van der Waals surface area contributed by atoms with Crippen molar-refractivity contribution in [2.45, 2.75) is 46.7 Å². The number of hydrogen-bond acceptors (Lipinski definition) is 3. The van der Waals surface area contributed by atoms with Crippen LogP contribution in [0.3, 0.4) is 0 Å². The summed E-state index contributed by atoms with van der Waals surface area (Å²) in [6.45, 7) is 9.37. The Morgan fingerprint density at radius 2 is 2.27 bits per heavy atom. The smallest absolute Gasteiger partial charge is 0.140 e. The fraction of sp³-hybridized carbons (Fsp3) is 0.818. The van der Waals surface area contributed by atoms with Crippen LogP contribution < -0.4 is 5.32 Å². The van der Waals surface area contributed by atoms with E-state index in [2.05, 4.69) is 36.2 Å². The van der Waals surface area contributed by atoms with E-state index in [1.165, 1.54) is 12.8 Å². The summed E-state index contributed by atoms with van der Waals surface area (Å²) in [4.78, 5) is 4.24. The molecule has 0 aliphatic carbocycles. The zero-order valence-corrected chi connectivity index (χ0v) is 10.0. The normalized spacial score (nSPS) is 11.2. The Bertz CT molecular complexity index is 267. The van der Waals surface area contributed by atoms with Gasteiger partial charge in [-0.3, -0.25) is 0 Å². The van der Waals surface area contributed by atoms with Crippen LogP contribution in [0.4, 0.5) is 0 Å². The molecule has 0 aliphatic heterocycles. The molecule has 1 heterocycles. The Labute approximate surface area is 92.1 Å². The second kappa shape index (κ2) is 6.56. The third-order valence-electron chi connectivity index (χ3n) is 2.38. The molecule has 86 valence electrons. The molecule has 0 fully saturated rings. The van der Waals surface area contributed by atoms with Crippen LogP contribution in [0.15, 0.2) is 6.33 Å². The van der Waals surface area contributed by atoms with Gasteiger partial charge in [-0.05, 0) is 25.3 Å². The van der Waals surface area contributed by atoms with Crippen LogP contribution in [0.25, 0.3) is 0 Å². The van der Waals surface area contributed by atoms with Crippen molar-refractivity contribution in [2.75, 3.05) is 6.54 Å². The molecule has 0 unspecified atom stereocenters. The summed E-state index contributed by atoms with van der Waals surface area (Å²) >= 11 is 0. The SMILES string of the molecule is CCNCc1ncnn1CCCC(C)C. The molecule has 0 bridgehead atoms. The fourth-order valence-electron chi connectivity index (χ4n) is 1.50. The predicted molar refractivity (Wildman–Crippen MR) is 61.5 cm³/mol. The largest absolute Gasteiger partial charge is 0.310 e. The minimum Gasteiger partial charge on any atom is -0.310 e. The summed E-state index contributed by atoms with van der Waals surface area (Å²) in [5.74, 6) is 1.81. The minimum atomic E-state index is 0.769. The van der Waals surface area contributed by atoms with Gasteiger partial charge in [-0.15, -0.1) is 0 Å². The van der Waals surface area contributed by atoms with Crippen LogP contribution in [-0.4, -0.2) is 21.3 Å². The monoisotopic (exact) mass is 210 g/mol. The van der Waals surface area contributed by atoms with E-state index in [1.807, 2.05) is 4.68 Å². The lowest BCUT2D eigenvalue weighted by molar-refractivity contribution is 0.473. The maximum atomic E-state index is 4.24. The van der Waals surface area contributed by atoms with Gasteiger partial charge in [0.2, 0.25) is 0 Å². The first kappa shape index (κ1) is 12.2. The number of nitrogens with zero attached hydrogens (tertiary/aromatic N) is 3. The maximum absolute atomic E-state index is 4.24. The van der Waals surface area contributed by atoms with Crippen molar-refractivity contribution in [1.29, 1.82) is 0 Å². The molecule has 1 aromatic rings. The summed E-state index contributed by atoms with van der Waals surface area (Å²) < 4.78 is 2.00. The van der Waals surface area contributed by atoms with Crippen LogP contribution in [-0.2, 0) is 13.1 Å². The summed E-state index contributed by atoms with van der Waals surface area (Å²) in [6, 6.07) is 0. The summed E-state index contributed by atoms with van der Waals surface area (Å²) in [7, 11) is 0. The highest BCUT2D eigenvalue weighted by Crippen LogP contribution is 2.05. The zero-order valence-electron chi connectivity index (χ0n) is 10.0. The van der Waals surface area contributed by atoms with Gasteiger partial charge < -0.3 is 5.32 Å². The van der Waals surface area contributed by atoms with E-state index >= 15 is 0 Å². The Morgan fingerprint density at radius 3 is 2.93 bits per heavy atom. The summed E-state index contributed by atoms with van der Waals surface area (Å²) in [5, 5.41) is 7.50. The van der Waals surface area contributed by atoms with E-state index in [0.29, 0.717) is 0 Å². The molecule has 0 atom stereocenters. The van der Waals surface area contributed by atoms with Crippen LogP contribution in [0.5, 0.6) is 0 Å². The Balaban J connectivity index is 2.35.